The van der Waals surface area contributed by atoms with Gasteiger partial charge in [-0.1, -0.05) is 34.1 Å². The fourth-order valence-corrected chi connectivity index (χ4v) is 4.99. The van der Waals surface area contributed by atoms with Crippen LogP contribution in [0.3, 0.4) is 0 Å². The molecule has 3 amide bonds. The van der Waals surface area contributed by atoms with Gasteiger partial charge in [-0.15, -0.1) is 0 Å². The molecule has 230 valence electrons. The number of amides is 3. The Morgan fingerprint density at radius 1 is 1.00 bits per heavy atom. The van der Waals surface area contributed by atoms with Crippen LogP contribution in [-0.2, 0) is 20.9 Å². The Balaban J connectivity index is 1.33. The minimum absolute atomic E-state index is 0.186. The first-order chi connectivity index (χ1) is 21.2. The van der Waals surface area contributed by atoms with Crippen molar-refractivity contribution in [3.63, 3.8) is 0 Å². The molecule has 0 unspecified atom stereocenters. The molecule has 1 aliphatic heterocycles. The number of hydrogen-bond donors (Lipinski definition) is 3. The van der Waals surface area contributed by atoms with E-state index >= 15 is 0 Å². The third-order valence-corrected chi connectivity index (χ3v) is 7.46. The number of rotatable bonds is 12. The molecule has 0 aromatic heterocycles. The number of methoxy groups -OCH3 is 1. The minimum Gasteiger partial charge on any atom is -0.493 e. The van der Waals surface area contributed by atoms with Crippen LogP contribution in [0.2, 0.25) is 0 Å². The predicted molar refractivity (Wildman–Crippen MR) is 171 cm³/mol. The summed E-state index contributed by atoms with van der Waals surface area (Å²) in [5.74, 6) is 0.228. The van der Waals surface area contributed by atoms with Gasteiger partial charge in [0.05, 0.1) is 36.0 Å². The van der Waals surface area contributed by atoms with Gasteiger partial charge in [0.2, 0.25) is 0 Å². The quantitative estimate of drug-likeness (QED) is 0.127. The summed E-state index contributed by atoms with van der Waals surface area (Å²) in [5, 5.41) is 9.33. The summed E-state index contributed by atoms with van der Waals surface area (Å²) in [7, 11) is 1.44. The van der Waals surface area contributed by atoms with Gasteiger partial charge in [-0.25, -0.2) is 15.0 Å². The van der Waals surface area contributed by atoms with Crippen molar-refractivity contribution in [2.24, 2.45) is 5.10 Å². The number of urea groups is 1. The number of halogens is 2. The molecule has 0 spiro atoms. The molecule has 1 heterocycles. The standard InChI is InChI=1S/C31H30Br2N4O7/c1-4-42-30(39)28-18(2)35-31(40)36-29(28)21-8-12-25(26(14-21)41-3)44-17-27(38)37-34-15-20-7-11-24(23(33)13-20)43-16-19-5-9-22(32)10-6-19/h5-15,29H,4,16-17H2,1-3H3,(H,37,38)(H2,35,36,40)/b34-15-/t29-/m1/s1. The van der Waals surface area contributed by atoms with Crippen LogP contribution in [0.25, 0.3) is 0 Å². The Morgan fingerprint density at radius 3 is 2.45 bits per heavy atom. The lowest BCUT2D eigenvalue weighted by atomic mass is 9.95. The van der Waals surface area contributed by atoms with Crippen LogP contribution in [0.4, 0.5) is 4.79 Å². The Labute approximate surface area is 271 Å². The highest BCUT2D eigenvalue weighted by molar-refractivity contribution is 9.10. The number of hydrogen-bond acceptors (Lipinski definition) is 8. The van der Waals surface area contributed by atoms with Crippen molar-refractivity contribution in [1.29, 1.82) is 0 Å². The van der Waals surface area contributed by atoms with Gasteiger partial charge in [-0.05, 0) is 88.9 Å². The third kappa shape index (κ3) is 8.60. The molecule has 11 nitrogen and oxygen atoms in total. The van der Waals surface area contributed by atoms with E-state index in [4.69, 9.17) is 18.9 Å². The minimum atomic E-state index is -0.768. The number of esters is 1. The summed E-state index contributed by atoms with van der Waals surface area (Å²) >= 11 is 6.93. The van der Waals surface area contributed by atoms with Crippen molar-refractivity contribution in [2.45, 2.75) is 26.5 Å². The molecule has 0 fully saturated rings. The highest BCUT2D eigenvalue weighted by Gasteiger charge is 2.32. The lowest BCUT2D eigenvalue weighted by Gasteiger charge is -2.28. The SMILES string of the molecule is CCOC(=O)C1=C(C)NC(=O)N[C@@H]1c1ccc(OCC(=O)N/N=C\c2ccc(OCc3ccc(Br)cc3)c(Br)c2)c(OC)c1. The maximum atomic E-state index is 12.6. The zero-order chi connectivity index (χ0) is 31.6. The number of carbonyl (C=O) groups excluding carboxylic acids is 3. The fourth-order valence-electron chi connectivity index (χ4n) is 4.22. The summed E-state index contributed by atoms with van der Waals surface area (Å²) in [6.45, 7) is 3.60. The lowest BCUT2D eigenvalue weighted by molar-refractivity contribution is -0.139. The number of hydrazone groups is 1. The van der Waals surface area contributed by atoms with Crippen LogP contribution in [0.1, 0.15) is 36.6 Å². The zero-order valence-corrected chi connectivity index (χ0v) is 27.3. The second kappa shape index (κ2) is 15.4. The molecule has 3 aromatic carbocycles. The molecule has 1 aliphatic rings. The van der Waals surface area contributed by atoms with Crippen molar-refractivity contribution in [3.05, 3.63) is 97.6 Å². The molecular formula is C31H30Br2N4O7. The van der Waals surface area contributed by atoms with Crippen LogP contribution < -0.4 is 30.3 Å². The molecule has 44 heavy (non-hydrogen) atoms. The van der Waals surface area contributed by atoms with E-state index in [-0.39, 0.29) is 24.5 Å². The van der Waals surface area contributed by atoms with E-state index in [0.717, 1.165) is 20.1 Å². The molecule has 0 bridgehead atoms. The molecule has 0 saturated carbocycles. The molecular weight excluding hydrogens is 700 g/mol. The van der Waals surface area contributed by atoms with Gasteiger partial charge in [0.25, 0.3) is 5.91 Å². The number of carbonyl (C=O) groups is 3. The van der Waals surface area contributed by atoms with Gasteiger partial charge in [-0.2, -0.15) is 5.10 Å². The first kappa shape index (κ1) is 32.6. The van der Waals surface area contributed by atoms with Crippen LogP contribution in [0.15, 0.2) is 86.0 Å². The Kier molecular flexibility index (Phi) is 11.4. The number of ether oxygens (including phenoxy) is 4. The van der Waals surface area contributed by atoms with Crippen molar-refractivity contribution in [3.8, 4) is 17.2 Å². The molecule has 3 aromatic rings. The van der Waals surface area contributed by atoms with E-state index in [1.54, 1.807) is 32.0 Å². The Bertz CT molecular complexity index is 1590. The molecule has 0 radical (unpaired) electrons. The maximum Gasteiger partial charge on any atom is 0.338 e. The summed E-state index contributed by atoms with van der Waals surface area (Å²) < 4.78 is 23.9. The predicted octanol–water partition coefficient (Wildman–Crippen LogP) is 5.52. The lowest BCUT2D eigenvalue weighted by Crippen LogP contribution is -2.45. The first-order valence-electron chi connectivity index (χ1n) is 13.4. The Hall–Kier alpha value is -4.36. The summed E-state index contributed by atoms with van der Waals surface area (Å²) in [6, 6.07) is 17.0. The number of benzene rings is 3. The van der Waals surface area contributed by atoms with Crippen molar-refractivity contribution >= 4 is 56.0 Å². The molecule has 4 rings (SSSR count). The van der Waals surface area contributed by atoms with Crippen LogP contribution in [0.5, 0.6) is 17.2 Å². The van der Waals surface area contributed by atoms with Crippen molar-refractivity contribution in [1.82, 2.24) is 16.1 Å². The van der Waals surface area contributed by atoms with Crippen molar-refractivity contribution < 1.29 is 33.3 Å². The van der Waals surface area contributed by atoms with Crippen LogP contribution >= 0.6 is 31.9 Å². The molecule has 0 saturated heterocycles. The van der Waals surface area contributed by atoms with Gasteiger partial charge in [0, 0.05) is 10.2 Å². The summed E-state index contributed by atoms with van der Waals surface area (Å²) in [6.07, 6.45) is 1.50. The summed E-state index contributed by atoms with van der Waals surface area (Å²) in [4.78, 5) is 37.1. The van der Waals surface area contributed by atoms with E-state index in [2.05, 4.69) is 53.0 Å². The normalized spacial score (nSPS) is 14.5. The number of allylic oxidation sites excluding steroid dienone is 1. The fraction of sp³-hybridized carbons (Fsp3) is 0.226. The smallest absolute Gasteiger partial charge is 0.338 e. The van der Waals surface area contributed by atoms with E-state index in [1.807, 2.05) is 42.5 Å². The van der Waals surface area contributed by atoms with Gasteiger partial charge < -0.3 is 29.6 Å². The van der Waals surface area contributed by atoms with E-state index in [9.17, 15) is 14.4 Å². The van der Waals surface area contributed by atoms with Gasteiger partial charge >= 0.3 is 12.0 Å². The van der Waals surface area contributed by atoms with E-state index in [0.29, 0.717) is 29.4 Å². The van der Waals surface area contributed by atoms with Crippen LogP contribution in [-0.4, -0.2) is 44.4 Å². The largest absolute Gasteiger partial charge is 0.493 e. The van der Waals surface area contributed by atoms with E-state index in [1.165, 1.54) is 13.3 Å². The zero-order valence-electron chi connectivity index (χ0n) is 24.1. The molecule has 13 heteroatoms. The monoisotopic (exact) mass is 728 g/mol. The van der Waals surface area contributed by atoms with E-state index < -0.39 is 23.9 Å². The van der Waals surface area contributed by atoms with Gasteiger partial charge in [0.1, 0.15) is 12.4 Å². The second-order valence-electron chi connectivity index (χ2n) is 9.39. The first-order valence-corrected chi connectivity index (χ1v) is 15.0. The van der Waals surface area contributed by atoms with Gasteiger partial charge in [0.15, 0.2) is 18.1 Å². The van der Waals surface area contributed by atoms with Crippen LogP contribution in [0, 0.1) is 0 Å². The average molecular weight is 730 g/mol. The average Bonchev–Trinajstić information content (AvgIpc) is 3.00. The number of nitrogens with one attached hydrogen (secondary N) is 3. The highest BCUT2D eigenvalue weighted by Crippen LogP contribution is 2.34. The summed E-state index contributed by atoms with van der Waals surface area (Å²) in [5.41, 5.74) is 5.43. The second-order valence-corrected chi connectivity index (χ2v) is 11.2. The molecule has 0 aliphatic carbocycles. The Morgan fingerprint density at radius 2 is 1.75 bits per heavy atom. The van der Waals surface area contributed by atoms with Crippen molar-refractivity contribution in [2.75, 3.05) is 20.3 Å². The highest BCUT2D eigenvalue weighted by atomic mass is 79.9. The maximum absolute atomic E-state index is 12.6. The topological polar surface area (TPSA) is 137 Å². The molecule has 1 atom stereocenters. The number of nitrogens with zero attached hydrogens (tertiary/aromatic N) is 1. The molecule has 3 N–H and O–H groups in total. The van der Waals surface area contributed by atoms with Gasteiger partial charge in [-0.3, -0.25) is 4.79 Å². The third-order valence-electron chi connectivity index (χ3n) is 6.31.